The first-order valence-corrected chi connectivity index (χ1v) is 12.3. The maximum atomic E-state index is 11.6. The molecule has 1 unspecified atom stereocenters. The molecule has 27 heavy (non-hydrogen) atoms. The van der Waals surface area contributed by atoms with Crippen LogP contribution in [-0.4, -0.2) is 82.2 Å². The van der Waals surface area contributed by atoms with Crippen LogP contribution in [0.4, 0.5) is 0 Å². The largest absolute Gasteiger partial charge is 0.356 e. The number of guanidine groups is 1. The third-order valence-corrected chi connectivity index (χ3v) is 6.66. The zero-order chi connectivity index (χ0) is 20.3. The summed E-state index contributed by atoms with van der Waals surface area (Å²) in [7, 11) is -1.34. The van der Waals surface area contributed by atoms with Gasteiger partial charge in [-0.05, 0) is 38.3 Å². The van der Waals surface area contributed by atoms with Crippen molar-refractivity contribution in [3.8, 4) is 0 Å². The first-order chi connectivity index (χ1) is 12.8. The molecule has 0 bridgehead atoms. The molecule has 7 nitrogen and oxygen atoms in total. The van der Waals surface area contributed by atoms with Gasteiger partial charge in [-0.25, -0.2) is 12.7 Å². The Morgan fingerprint density at radius 2 is 1.78 bits per heavy atom. The van der Waals surface area contributed by atoms with E-state index in [0.29, 0.717) is 31.6 Å². The number of aliphatic imine (C=N–C) groups is 1. The molecule has 1 aliphatic heterocycles. The van der Waals surface area contributed by atoms with Crippen LogP contribution in [0, 0.1) is 5.92 Å². The fourth-order valence-electron chi connectivity index (χ4n) is 3.66. The van der Waals surface area contributed by atoms with E-state index in [1.807, 2.05) is 6.92 Å². The highest BCUT2D eigenvalue weighted by Crippen LogP contribution is 2.17. The maximum absolute atomic E-state index is 11.6. The Bertz CT molecular complexity index is 528. The van der Waals surface area contributed by atoms with Gasteiger partial charge in [0.2, 0.25) is 10.0 Å². The minimum Gasteiger partial charge on any atom is -0.356 e. The summed E-state index contributed by atoms with van der Waals surface area (Å²) in [6.07, 6.45) is 7.30. The standard InChI is InChI=1S/C19H41N5O2S/c1-6-24(27(5,25)26)15-11-12-21-19(20-4)22-16-18(17(2)3)23-13-9-7-8-10-14-23/h17-18H,6-16H2,1-5H3,(H2,20,21,22). The fourth-order valence-corrected chi connectivity index (χ4v) is 4.59. The van der Waals surface area contributed by atoms with Crippen molar-refractivity contribution in [2.45, 2.75) is 58.9 Å². The van der Waals surface area contributed by atoms with Gasteiger partial charge >= 0.3 is 0 Å². The van der Waals surface area contributed by atoms with Gasteiger partial charge < -0.3 is 10.6 Å². The molecule has 0 aromatic heterocycles. The molecule has 1 aliphatic rings. The predicted octanol–water partition coefficient (Wildman–Crippen LogP) is 1.72. The topological polar surface area (TPSA) is 77.0 Å². The number of hydrogen-bond donors (Lipinski definition) is 2. The van der Waals surface area contributed by atoms with Crippen LogP contribution in [0.25, 0.3) is 0 Å². The first kappa shape index (κ1) is 24.2. The normalized spacial score (nSPS) is 18.6. The monoisotopic (exact) mass is 403 g/mol. The number of nitrogens with zero attached hydrogens (tertiary/aromatic N) is 3. The maximum Gasteiger partial charge on any atom is 0.211 e. The average Bonchev–Trinajstić information content (AvgIpc) is 2.88. The number of likely N-dealkylation sites (tertiary alicyclic amines) is 1. The highest BCUT2D eigenvalue weighted by molar-refractivity contribution is 7.88. The number of sulfonamides is 1. The summed E-state index contributed by atoms with van der Waals surface area (Å²) in [5, 5.41) is 6.78. The summed E-state index contributed by atoms with van der Waals surface area (Å²) in [4.78, 5) is 6.94. The smallest absolute Gasteiger partial charge is 0.211 e. The molecule has 0 amide bonds. The third kappa shape index (κ3) is 9.25. The lowest BCUT2D eigenvalue weighted by Crippen LogP contribution is -2.50. The Morgan fingerprint density at radius 3 is 2.26 bits per heavy atom. The van der Waals surface area contributed by atoms with E-state index in [0.717, 1.165) is 18.9 Å². The van der Waals surface area contributed by atoms with Crippen LogP contribution in [0.5, 0.6) is 0 Å². The predicted molar refractivity (Wildman–Crippen MR) is 115 cm³/mol. The zero-order valence-corrected chi connectivity index (χ0v) is 18.8. The van der Waals surface area contributed by atoms with E-state index in [1.165, 1.54) is 49.3 Å². The second-order valence-electron chi connectivity index (χ2n) is 7.75. The minimum atomic E-state index is -3.11. The van der Waals surface area contributed by atoms with Crippen LogP contribution in [0.2, 0.25) is 0 Å². The lowest BCUT2D eigenvalue weighted by molar-refractivity contribution is 0.161. The third-order valence-electron chi connectivity index (χ3n) is 5.28. The molecule has 2 N–H and O–H groups in total. The number of hydrogen-bond acceptors (Lipinski definition) is 4. The molecule has 0 aromatic carbocycles. The Labute approximate surface area is 167 Å². The van der Waals surface area contributed by atoms with Gasteiger partial charge in [0, 0.05) is 39.3 Å². The van der Waals surface area contributed by atoms with Crippen LogP contribution in [0.1, 0.15) is 52.9 Å². The van der Waals surface area contributed by atoms with E-state index in [1.54, 1.807) is 7.05 Å². The molecule has 0 aliphatic carbocycles. The van der Waals surface area contributed by atoms with Gasteiger partial charge in [0.1, 0.15) is 0 Å². The van der Waals surface area contributed by atoms with Crippen LogP contribution in [0.3, 0.4) is 0 Å². The van der Waals surface area contributed by atoms with Gasteiger partial charge in [-0.1, -0.05) is 33.6 Å². The minimum absolute atomic E-state index is 0.502. The molecule has 1 saturated heterocycles. The molecule has 1 atom stereocenters. The fraction of sp³-hybridized carbons (Fsp3) is 0.947. The van der Waals surface area contributed by atoms with E-state index in [9.17, 15) is 8.42 Å². The Morgan fingerprint density at radius 1 is 1.15 bits per heavy atom. The molecule has 160 valence electrons. The summed E-state index contributed by atoms with van der Waals surface area (Å²) in [6.45, 7) is 11.4. The van der Waals surface area contributed by atoms with E-state index >= 15 is 0 Å². The van der Waals surface area contributed by atoms with E-state index in [4.69, 9.17) is 0 Å². The molecule has 0 saturated carbocycles. The molecule has 1 fully saturated rings. The van der Waals surface area contributed by atoms with Gasteiger partial charge in [-0.2, -0.15) is 0 Å². The van der Waals surface area contributed by atoms with Crippen molar-refractivity contribution in [1.29, 1.82) is 0 Å². The van der Waals surface area contributed by atoms with Gasteiger partial charge in [0.05, 0.1) is 6.26 Å². The quantitative estimate of drug-likeness (QED) is 0.330. The highest BCUT2D eigenvalue weighted by Gasteiger charge is 2.22. The summed E-state index contributed by atoms with van der Waals surface area (Å²) < 4.78 is 24.8. The molecule has 8 heteroatoms. The molecule has 0 spiro atoms. The average molecular weight is 404 g/mol. The van der Waals surface area contributed by atoms with Crippen molar-refractivity contribution in [1.82, 2.24) is 19.8 Å². The van der Waals surface area contributed by atoms with E-state index in [2.05, 4.69) is 34.4 Å². The van der Waals surface area contributed by atoms with Gasteiger partial charge in [-0.15, -0.1) is 0 Å². The summed E-state index contributed by atoms with van der Waals surface area (Å²) in [6, 6.07) is 0.502. The van der Waals surface area contributed by atoms with Gasteiger partial charge in [0.15, 0.2) is 5.96 Å². The summed E-state index contributed by atoms with van der Waals surface area (Å²) in [5.41, 5.74) is 0. The van der Waals surface area contributed by atoms with Crippen LogP contribution in [-0.2, 0) is 10.0 Å². The Hall–Kier alpha value is -0.860. The lowest BCUT2D eigenvalue weighted by Gasteiger charge is -2.34. The van der Waals surface area contributed by atoms with E-state index in [-0.39, 0.29) is 0 Å². The van der Waals surface area contributed by atoms with Gasteiger partial charge in [-0.3, -0.25) is 9.89 Å². The van der Waals surface area contributed by atoms with E-state index < -0.39 is 10.0 Å². The van der Waals surface area contributed by atoms with Crippen molar-refractivity contribution >= 4 is 16.0 Å². The van der Waals surface area contributed by atoms with Crippen LogP contribution < -0.4 is 10.6 Å². The molecular weight excluding hydrogens is 362 g/mol. The molecule has 1 rings (SSSR count). The number of nitrogens with one attached hydrogen (secondary N) is 2. The van der Waals surface area contributed by atoms with Crippen molar-refractivity contribution in [3.63, 3.8) is 0 Å². The Balaban J connectivity index is 2.43. The SMILES string of the molecule is CCN(CCCNC(=NC)NCC(C(C)C)N1CCCCCC1)S(C)(=O)=O. The lowest BCUT2D eigenvalue weighted by atomic mass is 10.0. The van der Waals surface area contributed by atoms with Crippen molar-refractivity contribution in [2.24, 2.45) is 10.9 Å². The van der Waals surface area contributed by atoms with Crippen LogP contribution >= 0.6 is 0 Å². The highest BCUT2D eigenvalue weighted by atomic mass is 32.2. The molecular formula is C19H41N5O2S. The molecule has 0 radical (unpaired) electrons. The molecule has 0 aromatic rings. The summed E-state index contributed by atoms with van der Waals surface area (Å²) >= 11 is 0. The Kier molecular flexibility index (Phi) is 11.3. The van der Waals surface area contributed by atoms with Gasteiger partial charge in [0.25, 0.3) is 0 Å². The first-order valence-electron chi connectivity index (χ1n) is 10.4. The van der Waals surface area contributed by atoms with Crippen LogP contribution in [0.15, 0.2) is 4.99 Å². The second kappa shape index (κ2) is 12.6. The van der Waals surface area contributed by atoms with Crippen molar-refractivity contribution in [2.75, 3.05) is 52.6 Å². The molecule has 1 heterocycles. The number of rotatable bonds is 10. The van der Waals surface area contributed by atoms with Crippen molar-refractivity contribution in [3.05, 3.63) is 0 Å². The summed E-state index contributed by atoms with van der Waals surface area (Å²) in [5.74, 6) is 1.37. The zero-order valence-electron chi connectivity index (χ0n) is 18.0. The second-order valence-corrected chi connectivity index (χ2v) is 9.73. The van der Waals surface area contributed by atoms with Crippen molar-refractivity contribution < 1.29 is 8.42 Å².